The number of likely N-dealkylation sites (N-methyl/N-ethyl adjacent to an activating group) is 1. The van der Waals surface area contributed by atoms with Gasteiger partial charge in [0.2, 0.25) is 5.91 Å². The number of piperidine rings is 1. The lowest BCUT2D eigenvalue weighted by Crippen LogP contribution is -2.51. The second-order valence-electron chi connectivity index (χ2n) is 11.6. The molecule has 0 radical (unpaired) electrons. The van der Waals surface area contributed by atoms with Gasteiger partial charge in [-0.15, -0.1) is 0 Å². The number of rotatable bonds is 13. The fourth-order valence-corrected chi connectivity index (χ4v) is 6.29. The molecule has 2 aromatic rings. The van der Waals surface area contributed by atoms with Gasteiger partial charge in [0, 0.05) is 54.3 Å². The van der Waals surface area contributed by atoms with Crippen LogP contribution in [0.3, 0.4) is 0 Å². The number of hydrogen-bond donors (Lipinski definition) is 1. The van der Waals surface area contributed by atoms with E-state index in [9.17, 15) is 9.59 Å². The van der Waals surface area contributed by atoms with Gasteiger partial charge >= 0.3 is 6.09 Å². The van der Waals surface area contributed by atoms with Gasteiger partial charge in [0.25, 0.3) is 0 Å². The number of ether oxygens (including phenoxy) is 2. The lowest BCUT2D eigenvalue weighted by Gasteiger charge is -2.34. The molecule has 2 fully saturated rings. The Balaban J connectivity index is 1.38. The fraction of sp³-hybridized carbons (Fsp3) is 0.594. The van der Waals surface area contributed by atoms with Crippen LogP contribution in [-0.2, 0) is 16.0 Å². The first-order chi connectivity index (χ1) is 20.7. The molecule has 0 aliphatic carbocycles. The zero-order valence-electron chi connectivity index (χ0n) is 25.6. The fourth-order valence-electron chi connectivity index (χ4n) is 5.81. The normalized spacial score (nSPS) is 17.6. The Morgan fingerprint density at radius 3 is 2.53 bits per heavy atom. The number of amides is 2. The van der Waals surface area contributed by atoms with Crippen LogP contribution in [0.4, 0.5) is 4.79 Å². The van der Waals surface area contributed by atoms with Crippen LogP contribution in [0.2, 0.25) is 10.0 Å². The first-order valence-corrected chi connectivity index (χ1v) is 16.1. The van der Waals surface area contributed by atoms with Crippen LogP contribution in [-0.4, -0.2) is 104 Å². The Bertz CT molecular complexity index is 1200. The van der Waals surface area contributed by atoms with E-state index in [4.69, 9.17) is 32.7 Å². The van der Waals surface area contributed by atoms with Crippen LogP contribution >= 0.6 is 23.2 Å². The van der Waals surface area contributed by atoms with E-state index in [2.05, 4.69) is 41.1 Å². The molecule has 2 aliphatic rings. The largest absolute Gasteiger partial charge is 0.490 e. The number of pyridine rings is 1. The van der Waals surface area contributed by atoms with Gasteiger partial charge in [-0.3, -0.25) is 14.7 Å². The van der Waals surface area contributed by atoms with E-state index >= 15 is 0 Å². The van der Waals surface area contributed by atoms with Crippen molar-refractivity contribution in [2.24, 2.45) is 0 Å². The van der Waals surface area contributed by atoms with E-state index in [1.54, 1.807) is 24.4 Å². The van der Waals surface area contributed by atoms with E-state index in [1.165, 1.54) is 12.8 Å². The Kier molecular flexibility index (Phi) is 12.8. The zero-order valence-corrected chi connectivity index (χ0v) is 27.1. The zero-order chi connectivity index (χ0) is 30.8. The summed E-state index contributed by atoms with van der Waals surface area (Å²) in [6, 6.07) is 8.55. The average Bonchev–Trinajstić information content (AvgIpc) is 3.52. The van der Waals surface area contributed by atoms with Crippen LogP contribution in [0, 0.1) is 0 Å². The van der Waals surface area contributed by atoms with Gasteiger partial charge in [-0.25, -0.2) is 4.79 Å². The molecule has 11 heteroatoms. The summed E-state index contributed by atoms with van der Waals surface area (Å²) in [6.45, 7) is 6.86. The number of nitrogens with zero attached hydrogens (tertiary/aromatic N) is 4. The quantitative estimate of drug-likeness (QED) is 0.322. The number of carbonyl (C=O) groups is 2. The SMILES string of the molecule is CCC(COc1cccnc1C1CCN(C(=O)C(Cc2ccc(Cl)cc2Cl)NC(=O)OCCN2CCCC2)CC1)N(C)C. The minimum atomic E-state index is -0.819. The van der Waals surface area contributed by atoms with Gasteiger partial charge in [-0.2, -0.15) is 0 Å². The summed E-state index contributed by atoms with van der Waals surface area (Å²) in [6.07, 6.45) is 6.27. The van der Waals surface area contributed by atoms with Crippen molar-refractivity contribution in [1.29, 1.82) is 0 Å². The highest BCUT2D eigenvalue weighted by Crippen LogP contribution is 2.33. The maximum atomic E-state index is 13.8. The highest BCUT2D eigenvalue weighted by atomic mass is 35.5. The smallest absolute Gasteiger partial charge is 0.407 e. The molecule has 2 amide bonds. The predicted octanol–water partition coefficient (Wildman–Crippen LogP) is 5.25. The third-order valence-electron chi connectivity index (χ3n) is 8.49. The number of carbonyl (C=O) groups excluding carboxylic acids is 2. The highest BCUT2D eigenvalue weighted by molar-refractivity contribution is 6.35. The Morgan fingerprint density at radius 2 is 1.86 bits per heavy atom. The number of aromatic nitrogens is 1. The maximum Gasteiger partial charge on any atom is 0.407 e. The van der Waals surface area contributed by atoms with E-state index in [-0.39, 0.29) is 24.9 Å². The van der Waals surface area contributed by atoms with E-state index < -0.39 is 12.1 Å². The molecule has 236 valence electrons. The van der Waals surface area contributed by atoms with Crippen molar-refractivity contribution >= 4 is 35.2 Å². The van der Waals surface area contributed by atoms with Crippen LogP contribution < -0.4 is 10.1 Å². The first kappa shape index (κ1) is 33.3. The van der Waals surface area contributed by atoms with E-state index in [0.717, 1.165) is 49.4 Å². The molecule has 2 atom stereocenters. The Morgan fingerprint density at radius 1 is 1.12 bits per heavy atom. The van der Waals surface area contributed by atoms with Gasteiger partial charge in [-0.1, -0.05) is 36.2 Å². The van der Waals surface area contributed by atoms with Gasteiger partial charge in [0.15, 0.2) is 0 Å². The number of hydrogen-bond acceptors (Lipinski definition) is 7. The predicted molar refractivity (Wildman–Crippen MR) is 170 cm³/mol. The summed E-state index contributed by atoms with van der Waals surface area (Å²) in [4.78, 5) is 37.6. The van der Waals surface area contributed by atoms with Gasteiger partial charge in [0.05, 0.1) is 5.69 Å². The third kappa shape index (κ3) is 9.70. The number of halogens is 2. The number of nitrogens with one attached hydrogen (secondary N) is 1. The van der Waals surface area contributed by atoms with Crippen LogP contribution in [0.5, 0.6) is 5.75 Å². The van der Waals surface area contributed by atoms with E-state index in [0.29, 0.717) is 42.3 Å². The topological polar surface area (TPSA) is 87.2 Å². The van der Waals surface area contributed by atoms with E-state index in [1.807, 2.05) is 17.0 Å². The standard InChI is InChI=1S/C32H45Cl2N5O4/c1-4-26(37(2)3)22-43-29-8-7-13-35-30(29)23-11-16-39(17-12-23)31(40)28(20-24-9-10-25(33)21-27(24)34)36-32(41)42-19-18-38-14-5-6-15-38/h7-10,13,21,23,26,28H,4-6,11-12,14-20,22H2,1-3H3,(H,36,41). The molecular formula is C32H45Cl2N5O4. The van der Waals surface area contributed by atoms with Crippen molar-refractivity contribution in [2.45, 2.75) is 63.5 Å². The third-order valence-corrected chi connectivity index (χ3v) is 9.08. The van der Waals surface area contributed by atoms with Crippen LogP contribution in [0.1, 0.15) is 56.2 Å². The van der Waals surface area contributed by atoms with Crippen molar-refractivity contribution in [2.75, 3.05) is 60.0 Å². The van der Waals surface area contributed by atoms with Crippen molar-refractivity contribution in [3.8, 4) is 5.75 Å². The Labute approximate surface area is 265 Å². The Hall–Kier alpha value is -2.59. The summed E-state index contributed by atoms with van der Waals surface area (Å²) in [5, 5.41) is 3.79. The molecule has 2 aliphatic heterocycles. The van der Waals surface area contributed by atoms with Crippen LogP contribution in [0.15, 0.2) is 36.5 Å². The summed E-state index contributed by atoms with van der Waals surface area (Å²) < 4.78 is 11.7. The lowest BCUT2D eigenvalue weighted by atomic mass is 9.91. The number of benzene rings is 1. The summed E-state index contributed by atoms with van der Waals surface area (Å²) >= 11 is 12.5. The minimum absolute atomic E-state index is 0.157. The van der Waals surface area contributed by atoms with Crippen LogP contribution in [0.25, 0.3) is 0 Å². The molecule has 0 saturated carbocycles. The highest BCUT2D eigenvalue weighted by Gasteiger charge is 2.32. The monoisotopic (exact) mass is 633 g/mol. The van der Waals surface area contributed by atoms with Gasteiger partial charge < -0.3 is 24.6 Å². The molecule has 1 N–H and O–H groups in total. The molecular weight excluding hydrogens is 589 g/mol. The summed E-state index contributed by atoms with van der Waals surface area (Å²) in [7, 11) is 4.12. The second kappa shape index (κ2) is 16.5. The van der Waals surface area contributed by atoms with Crippen molar-refractivity contribution in [1.82, 2.24) is 25.0 Å². The van der Waals surface area contributed by atoms with Gasteiger partial charge in [0.1, 0.15) is 25.0 Å². The molecule has 43 heavy (non-hydrogen) atoms. The van der Waals surface area contributed by atoms with Crippen molar-refractivity contribution in [3.05, 3.63) is 57.8 Å². The summed E-state index contributed by atoms with van der Waals surface area (Å²) in [5.41, 5.74) is 1.67. The molecule has 2 saturated heterocycles. The molecule has 4 rings (SSSR count). The molecule has 0 spiro atoms. The second-order valence-corrected chi connectivity index (χ2v) is 12.5. The minimum Gasteiger partial charge on any atom is -0.490 e. The molecule has 0 bridgehead atoms. The number of likely N-dealkylation sites (tertiary alicyclic amines) is 2. The molecule has 1 aromatic heterocycles. The van der Waals surface area contributed by atoms with Crippen molar-refractivity contribution < 1.29 is 19.1 Å². The van der Waals surface area contributed by atoms with Gasteiger partial charge in [-0.05, 0) is 89.1 Å². The first-order valence-electron chi connectivity index (χ1n) is 15.4. The number of alkyl carbamates (subject to hydrolysis) is 1. The maximum absolute atomic E-state index is 13.8. The summed E-state index contributed by atoms with van der Waals surface area (Å²) in [5.74, 6) is 0.823. The molecule has 2 unspecified atom stereocenters. The average molecular weight is 635 g/mol. The van der Waals surface area contributed by atoms with Crippen molar-refractivity contribution in [3.63, 3.8) is 0 Å². The molecule has 9 nitrogen and oxygen atoms in total. The molecule has 1 aromatic carbocycles. The lowest BCUT2D eigenvalue weighted by molar-refractivity contribution is -0.134. The molecule has 3 heterocycles.